The van der Waals surface area contributed by atoms with Crippen LogP contribution in [0.25, 0.3) is 0 Å². The molecule has 0 bridgehead atoms. The number of rotatable bonds is 4. The van der Waals surface area contributed by atoms with Crippen LogP contribution in [0.2, 0.25) is 0 Å². The van der Waals surface area contributed by atoms with Gasteiger partial charge in [0.15, 0.2) is 0 Å². The van der Waals surface area contributed by atoms with Crippen molar-refractivity contribution >= 4 is 11.7 Å². The van der Waals surface area contributed by atoms with Crippen molar-refractivity contribution in [3.05, 3.63) is 0 Å². The molecule has 98 valence electrons. The number of nitrogens with two attached hydrogens (primary N) is 1. The van der Waals surface area contributed by atoms with Crippen molar-refractivity contribution in [2.24, 2.45) is 16.8 Å². The number of oxime groups is 1. The number of amidine groups is 1. The zero-order chi connectivity index (χ0) is 12.8. The molecule has 1 aliphatic heterocycles. The maximum atomic E-state index is 11.7. The predicted octanol–water partition coefficient (Wildman–Crippen LogP) is 0.396. The molecule has 6 nitrogen and oxygen atoms in total. The Morgan fingerprint density at radius 3 is 2.59 bits per heavy atom. The molecule has 0 saturated carbocycles. The first-order valence-corrected chi connectivity index (χ1v) is 5.91. The first kappa shape index (κ1) is 13.8. The molecule has 0 aromatic heterocycles. The summed E-state index contributed by atoms with van der Waals surface area (Å²) in [6.07, 6.45) is 1.54. The van der Waals surface area contributed by atoms with Crippen LogP contribution in [0.3, 0.4) is 0 Å². The van der Waals surface area contributed by atoms with Gasteiger partial charge in [0.1, 0.15) is 12.4 Å². The van der Waals surface area contributed by atoms with Crippen molar-refractivity contribution in [1.82, 2.24) is 4.90 Å². The molecule has 6 heteroatoms. The lowest BCUT2D eigenvalue weighted by Crippen LogP contribution is -2.43. The lowest BCUT2D eigenvalue weighted by molar-refractivity contribution is -0.138. The van der Waals surface area contributed by atoms with Gasteiger partial charge >= 0.3 is 0 Å². The Morgan fingerprint density at radius 2 is 2.12 bits per heavy atom. The molecule has 0 radical (unpaired) electrons. The lowest BCUT2D eigenvalue weighted by atomic mass is 9.96. The van der Waals surface area contributed by atoms with Gasteiger partial charge in [-0.15, -0.1) is 0 Å². The van der Waals surface area contributed by atoms with Crippen LogP contribution in [0.5, 0.6) is 0 Å². The van der Waals surface area contributed by atoms with E-state index in [4.69, 9.17) is 15.7 Å². The van der Waals surface area contributed by atoms with Crippen LogP contribution in [0, 0.1) is 5.92 Å². The summed E-state index contributed by atoms with van der Waals surface area (Å²) in [7, 11) is 0. The van der Waals surface area contributed by atoms with Crippen LogP contribution in [-0.4, -0.2) is 47.7 Å². The minimum atomic E-state index is 0.0108. The lowest BCUT2D eigenvalue weighted by Gasteiger charge is -2.31. The van der Waals surface area contributed by atoms with E-state index >= 15 is 0 Å². The number of carbonyl (C=O) groups is 1. The number of nitrogens with zero attached hydrogens (tertiary/aromatic N) is 2. The van der Waals surface area contributed by atoms with E-state index in [1.165, 1.54) is 0 Å². The molecule has 1 saturated heterocycles. The standard InChI is InChI=1S/C11H21N3O3/c1-8(2)17-7-10(15)14-5-3-9(4-6-14)11(12)13-16/h8-9,16H,3-7H2,1-2H3,(H2,12,13). The molecule has 0 atom stereocenters. The molecule has 1 heterocycles. The Kier molecular flexibility index (Phi) is 5.21. The third-order valence-electron chi connectivity index (χ3n) is 2.92. The highest BCUT2D eigenvalue weighted by molar-refractivity contribution is 5.83. The Morgan fingerprint density at radius 1 is 1.53 bits per heavy atom. The Bertz CT molecular complexity index is 284. The van der Waals surface area contributed by atoms with Crippen molar-refractivity contribution in [3.63, 3.8) is 0 Å². The summed E-state index contributed by atoms with van der Waals surface area (Å²) >= 11 is 0. The van der Waals surface area contributed by atoms with Gasteiger partial charge < -0.3 is 20.6 Å². The third kappa shape index (κ3) is 4.22. The summed E-state index contributed by atoms with van der Waals surface area (Å²) in [6.45, 7) is 5.21. The fraction of sp³-hybridized carbons (Fsp3) is 0.818. The van der Waals surface area contributed by atoms with Crippen LogP contribution >= 0.6 is 0 Å². The SMILES string of the molecule is CC(C)OCC(=O)N1CCC(C(N)=NO)CC1. The molecule has 0 spiro atoms. The van der Waals surface area contributed by atoms with Crippen LogP contribution in [0.1, 0.15) is 26.7 Å². The molecular weight excluding hydrogens is 222 g/mol. The van der Waals surface area contributed by atoms with Crippen molar-refractivity contribution in [1.29, 1.82) is 0 Å². The van der Waals surface area contributed by atoms with E-state index in [1.807, 2.05) is 13.8 Å². The Hall–Kier alpha value is -1.30. The molecule has 0 aromatic carbocycles. The summed E-state index contributed by atoms with van der Waals surface area (Å²) in [6, 6.07) is 0. The average Bonchev–Trinajstić information content (AvgIpc) is 2.35. The molecule has 3 N–H and O–H groups in total. The number of carbonyl (C=O) groups excluding carboxylic acids is 1. The molecule has 0 unspecified atom stereocenters. The van der Waals surface area contributed by atoms with E-state index in [0.29, 0.717) is 13.1 Å². The third-order valence-corrected chi connectivity index (χ3v) is 2.92. The molecule has 1 fully saturated rings. The number of hydrogen-bond donors (Lipinski definition) is 2. The predicted molar refractivity (Wildman–Crippen MR) is 63.8 cm³/mol. The molecule has 0 aromatic rings. The summed E-state index contributed by atoms with van der Waals surface area (Å²) in [5.74, 6) is 0.349. The number of likely N-dealkylation sites (tertiary alicyclic amines) is 1. The average molecular weight is 243 g/mol. The number of piperidine rings is 1. The maximum absolute atomic E-state index is 11.7. The Labute approximate surface area is 101 Å². The van der Waals surface area contributed by atoms with Crippen LogP contribution in [-0.2, 0) is 9.53 Å². The van der Waals surface area contributed by atoms with Crippen molar-refractivity contribution in [2.75, 3.05) is 19.7 Å². The van der Waals surface area contributed by atoms with Gasteiger partial charge in [-0.2, -0.15) is 0 Å². The quantitative estimate of drug-likeness (QED) is 0.324. The van der Waals surface area contributed by atoms with Crippen LogP contribution in [0.15, 0.2) is 5.16 Å². The van der Waals surface area contributed by atoms with E-state index in [2.05, 4.69) is 5.16 Å². The summed E-state index contributed by atoms with van der Waals surface area (Å²) in [5.41, 5.74) is 5.54. The van der Waals surface area contributed by atoms with Gasteiger partial charge in [-0.3, -0.25) is 4.79 Å². The van der Waals surface area contributed by atoms with Crippen LogP contribution in [0.4, 0.5) is 0 Å². The minimum absolute atomic E-state index is 0.0108. The number of ether oxygens (including phenoxy) is 1. The topological polar surface area (TPSA) is 88.2 Å². The first-order chi connectivity index (χ1) is 8.04. The molecule has 1 amide bonds. The molecule has 17 heavy (non-hydrogen) atoms. The van der Waals surface area contributed by atoms with Gasteiger partial charge in [0, 0.05) is 19.0 Å². The molecular formula is C11H21N3O3. The second kappa shape index (κ2) is 6.44. The zero-order valence-electron chi connectivity index (χ0n) is 10.4. The summed E-state index contributed by atoms with van der Waals surface area (Å²) in [5, 5.41) is 11.6. The van der Waals surface area contributed by atoms with E-state index < -0.39 is 0 Å². The van der Waals surface area contributed by atoms with Gasteiger partial charge in [-0.05, 0) is 26.7 Å². The smallest absolute Gasteiger partial charge is 0.248 e. The Balaban J connectivity index is 2.34. The summed E-state index contributed by atoms with van der Waals surface area (Å²) in [4.78, 5) is 13.5. The number of amides is 1. The van der Waals surface area contributed by atoms with Crippen molar-refractivity contribution in [3.8, 4) is 0 Å². The zero-order valence-corrected chi connectivity index (χ0v) is 10.4. The highest BCUT2D eigenvalue weighted by Crippen LogP contribution is 2.17. The van der Waals surface area contributed by atoms with Crippen molar-refractivity contribution < 1.29 is 14.7 Å². The highest BCUT2D eigenvalue weighted by Gasteiger charge is 2.25. The maximum Gasteiger partial charge on any atom is 0.248 e. The first-order valence-electron chi connectivity index (χ1n) is 5.91. The van der Waals surface area contributed by atoms with Gasteiger partial charge in [0.25, 0.3) is 0 Å². The van der Waals surface area contributed by atoms with Crippen molar-refractivity contribution in [2.45, 2.75) is 32.8 Å². The van der Waals surface area contributed by atoms with E-state index in [0.717, 1.165) is 12.8 Å². The largest absolute Gasteiger partial charge is 0.409 e. The second-order valence-electron chi connectivity index (χ2n) is 4.54. The fourth-order valence-corrected chi connectivity index (χ4v) is 1.84. The number of hydrogen-bond acceptors (Lipinski definition) is 4. The normalized spacial score (nSPS) is 18.8. The molecule has 1 rings (SSSR count). The van der Waals surface area contributed by atoms with Crippen LogP contribution < -0.4 is 5.73 Å². The van der Waals surface area contributed by atoms with E-state index in [1.54, 1.807) is 4.90 Å². The summed E-state index contributed by atoms with van der Waals surface area (Å²) < 4.78 is 5.27. The highest BCUT2D eigenvalue weighted by atomic mass is 16.5. The van der Waals surface area contributed by atoms with Gasteiger partial charge in [0.05, 0.1) is 6.10 Å². The van der Waals surface area contributed by atoms with Gasteiger partial charge in [-0.1, -0.05) is 5.16 Å². The molecule has 1 aliphatic rings. The monoisotopic (exact) mass is 243 g/mol. The van der Waals surface area contributed by atoms with E-state index in [-0.39, 0.29) is 30.4 Å². The van der Waals surface area contributed by atoms with E-state index in [9.17, 15) is 4.79 Å². The van der Waals surface area contributed by atoms with Gasteiger partial charge in [-0.25, -0.2) is 0 Å². The fourth-order valence-electron chi connectivity index (χ4n) is 1.84. The molecule has 0 aliphatic carbocycles. The second-order valence-corrected chi connectivity index (χ2v) is 4.54. The van der Waals surface area contributed by atoms with Gasteiger partial charge in [0.2, 0.25) is 5.91 Å². The minimum Gasteiger partial charge on any atom is -0.409 e.